The summed E-state index contributed by atoms with van der Waals surface area (Å²) in [6.07, 6.45) is 2.38. The number of fused-ring (bicyclic) bond motifs is 1. The first kappa shape index (κ1) is 13.1. The summed E-state index contributed by atoms with van der Waals surface area (Å²) in [5, 5.41) is 1.84. The van der Waals surface area contributed by atoms with E-state index >= 15 is 0 Å². The van der Waals surface area contributed by atoms with Gasteiger partial charge in [0.2, 0.25) is 5.91 Å². The van der Waals surface area contributed by atoms with Crippen LogP contribution in [0.25, 0.3) is 0 Å². The van der Waals surface area contributed by atoms with Gasteiger partial charge in [0.05, 0.1) is 5.25 Å². The maximum Gasteiger partial charge on any atom is 0.234 e. The molecule has 4 nitrogen and oxygen atoms in total. The van der Waals surface area contributed by atoms with Gasteiger partial charge in [-0.2, -0.15) is 0 Å². The van der Waals surface area contributed by atoms with Crippen LogP contribution in [0.15, 0.2) is 24.3 Å². The zero-order valence-electron chi connectivity index (χ0n) is 10.3. The highest BCUT2D eigenvalue weighted by Crippen LogP contribution is 2.35. The van der Waals surface area contributed by atoms with Crippen molar-refractivity contribution >= 4 is 15.7 Å². The van der Waals surface area contributed by atoms with Gasteiger partial charge in [0.25, 0.3) is 0 Å². The van der Waals surface area contributed by atoms with Crippen LogP contribution in [0.1, 0.15) is 29.2 Å². The minimum Gasteiger partial charge on any atom is -0.358 e. The van der Waals surface area contributed by atoms with E-state index in [9.17, 15) is 13.2 Å². The van der Waals surface area contributed by atoms with Crippen molar-refractivity contribution in [3.05, 3.63) is 35.4 Å². The van der Waals surface area contributed by atoms with Crippen molar-refractivity contribution < 1.29 is 13.2 Å². The first-order valence-electron chi connectivity index (χ1n) is 6.04. The number of amides is 1. The fraction of sp³-hybridized carbons (Fsp3) is 0.462. The van der Waals surface area contributed by atoms with Gasteiger partial charge >= 0.3 is 0 Å². The van der Waals surface area contributed by atoms with E-state index < -0.39 is 26.7 Å². The van der Waals surface area contributed by atoms with E-state index in [2.05, 4.69) is 5.32 Å². The van der Waals surface area contributed by atoms with E-state index in [1.165, 1.54) is 7.05 Å². The SMILES string of the molecule is CNC(=O)CS(=O)(=O)C1CCCc2ccccc21. The number of nitrogens with one attached hydrogen (secondary N) is 1. The van der Waals surface area contributed by atoms with Crippen molar-refractivity contribution in [2.45, 2.75) is 24.5 Å². The van der Waals surface area contributed by atoms with Crippen LogP contribution in [0.4, 0.5) is 0 Å². The number of carbonyl (C=O) groups is 1. The fourth-order valence-corrected chi connectivity index (χ4v) is 4.29. The van der Waals surface area contributed by atoms with Crippen LogP contribution in [-0.4, -0.2) is 27.1 Å². The van der Waals surface area contributed by atoms with Crippen LogP contribution >= 0.6 is 0 Å². The topological polar surface area (TPSA) is 63.2 Å². The molecule has 1 aliphatic carbocycles. The molecule has 0 bridgehead atoms. The number of benzene rings is 1. The Balaban J connectivity index is 2.33. The Kier molecular flexibility index (Phi) is 3.71. The molecule has 0 radical (unpaired) electrons. The molecule has 0 saturated carbocycles. The van der Waals surface area contributed by atoms with E-state index in [4.69, 9.17) is 0 Å². The summed E-state index contributed by atoms with van der Waals surface area (Å²) >= 11 is 0. The summed E-state index contributed by atoms with van der Waals surface area (Å²) in [6, 6.07) is 7.61. The molecular formula is C13H17NO3S. The number of hydrogen-bond acceptors (Lipinski definition) is 3. The third-order valence-electron chi connectivity index (χ3n) is 3.36. The van der Waals surface area contributed by atoms with E-state index in [-0.39, 0.29) is 0 Å². The zero-order chi connectivity index (χ0) is 13.2. The van der Waals surface area contributed by atoms with Gasteiger partial charge in [0.15, 0.2) is 9.84 Å². The summed E-state index contributed by atoms with van der Waals surface area (Å²) < 4.78 is 24.5. The largest absolute Gasteiger partial charge is 0.358 e. The average Bonchev–Trinajstić information content (AvgIpc) is 2.37. The van der Waals surface area contributed by atoms with Crippen molar-refractivity contribution in [3.63, 3.8) is 0 Å². The van der Waals surface area contributed by atoms with Crippen LogP contribution in [0.5, 0.6) is 0 Å². The van der Waals surface area contributed by atoms with Crippen LogP contribution in [0.2, 0.25) is 0 Å². The van der Waals surface area contributed by atoms with Crippen LogP contribution < -0.4 is 5.32 Å². The third-order valence-corrected chi connectivity index (χ3v) is 5.38. The second-order valence-electron chi connectivity index (χ2n) is 4.56. The molecule has 98 valence electrons. The summed E-state index contributed by atoms with van der Waals surface area (Å²) in [5.74, 6) is -0.874. The predicted molar refractivity (Wildman–Crippen MR) is 70.0 cm³/mol. The molecular weight excluding hydrogens is 250 g/mol. The Hall–Kier alpha value is -1.36. The number of aryl methyl sites for hydroxylation is 1. The number of sulfone groups is 1. The van der Waals surface area contributed by atoms with Gasteiger partial charge in [0.1, 0.15) is 5.75 Å². The molecule has 2 rings (SSSR count). The van der Waals surface area contributed by atoms with Gasteiger partial charge in [0, 0.05) is 7.05 Å². The van der Waals surface area contributed by atoms with Gasteiger partial charge in [-0.3, -0.25) is 4.79 Å². The second-order valence-corrected chi connectivity index (χ2v) is 6.74. The Labute approximate surface area is 107 Å². The quantitative estimate of drug-likeness (QED) is 0.895. The monoisotopic (exact) mass is 267 g/mol. The third kappa shape index (κ3) is 2.56. The Morgan fingerprint density at radius 2 is 2.11 bits per heavy atom. The van der Waals surface area contributed by atoms with E-state index in [1.807, 2.05) is 24.3 Å². The van der Waals surface area contributed by atoms with Gasteiger partial charge in [-0.1, -0.05) is 24.3 Å². The van der Waals surface area contributed by atoms with Gasteiger partial charge in [-0.05, 0) is 30.4 Å². The molecule has 18 heavy (non-hydrogen) atoms. The molecule has 1 aliphatic rings. The predicted octanol–water partition coefficient (Wildman–Crippen LogP) is 1.22. The van der Waals surface area contributed by atoms with Crippen molar-refractivity contribution in [2.24, 2.45) is 0 Å². The molecule has 0 aromatic heterocycles. The number of carbonyl (C=O) groups excluding carboxylic acids is 1. The van der Waals surface area contributed by atoms with Crippen molar-refractivity contribution in [1.82, 2.24) is 5.32 Å². The molecule has 1 atom stereocenters. The molecule has 0 heterocycles. The average molecular weight is 267 g/mol. The molecule has 1 N–H and O–H groups in total. The highest BCUT2D eigenvalue weighted by molar-refractivity contribution is 7.92. The maximum absolute atomic E-state index is 12.3. The summed E-state index contributed by atoms with van der Waals surface area (Å²) in [7, 11) is -1.97. The number of rotatable bonds is 3. The van der Waals surface area contributed by atoms with E-state index in [0.29, 0.717) is 6.42 Å². The molecule has 0 aliphatic heterocycles. The molecule has 0 spiro atoms. The van der Waals surface area contributed by atoms with Crippen molar-refractivity contribution in [1.29, 1.82) is 0 Å². The molecule has 0 fully saturated rings. The summed E-state index contributed by atoms with van der Waals surface area (Å²) in [6.45, 7) is 0. The second kappa shape index (κ2) is 5.10. The first-order chi connectivity index (χ1) is 8.54. The standard InChI is InChI=1S/C13H17NO3S/c1-14-13(15)9-18(16,17)12-8-4-6-10-5-2-3-7-11(10)12/h2-3,5,7,12H,4,6,8-9H2,1H3,(H,14,15). The normalized spacial score (nSPS) is 19.1. The molecule has 1 amide bonds. The Morgan fingerprint density at radius 1 is 1.39 bits per heavy atom. The molecule has 1 aromatic carbocycles. The lowest BCUT2D eigenvalue weighted by atomic mass is 9.91. The van der Waals surface area contributed by atoms with Crippen LogP contribution in [-0.2, 0) is 21.1 Å². The van der Waals surface area contributed by atoms with Crippen LogP contribution in [0, 0.1) is 0 Å². The van der Waals surface area contributed by atoms with Gasteiger partial charge < -0.3 is 5.32 Å². The van der Waals surface area contributed by atoms with Crippen LogP contribution in [0.3, 0.4) is 0 Å². The van der Waals surface area contributed by atoms with E-state index in [1.54, 1.807) is 0 Å². The smallest absolute Gasteiger partial charge is 0.234 e. The minimum atomic E-state index is -3.42. The summed E-state index contributed by atoms with van der Waals surface area (Å²) in [4.78, 5) is 11.3. The van der Waals surface area contributed by atoms with Crippen molar-refractivity contribution in [2.75, 3.05) is 12.8 Å². The lowest BCUT2D eigenvalue weighted by Crippen LogP contribution is -2.31. The highest BCUT2D eigenvalue weighted by atomic mass is 32.2. The number of hydrogen-bond donors (Lipinski definition) is 1. The van der Waals surface area contributed by atoms with Gasteiger partial charge in [-0.25, -0.2) is 8.42 Å². The Morgan fingerprint density at radius 3 is 2.83 bits per heavy atom. The van der Waals surface area contributed by atoms with E-state index in [0.717, 1.165) is 24.0 Å². The molecule has 5 heteroatoms. The Bertz CT molecular complexity index is 551. The lowest BCUT2D eigenvalue weighted by Gasteiger charge is -2.25. The lowest BCUT2D eigenvalue weighted by molar-refractivity contribution is -0.118. The minimum absolute atomic E-state index is 0.428. The van der Waals surface area contributed by atoms with Gasteiger partial charge in [-0.15, -0.1) is 0 Å². The summed E-state index contributed by atoms with van der Waals surface area (Å²) in [5.41, 5.74) is 1.96. The first-order valence-corrected chi connectivity index (χ1v) is 7.76. The fourth-order valence-electron chi connectivity index (χ4n) is 2.44. The molecule has 1 aromatic rings. The molecule has 0 saturated heterocycles. The maximum atomic E-state index is 12.3. The highest BCUT2D eigenvalue weighted by Gasteiger charge is 2.32. The molecule has 1 unspecified atom stereocenters. The zero-order valence-corrected chi connectivity index (χ0v) is 11.2. The van der Waals surface area contributed by atoms with Crippen molar-refractivity contribution in [3.8, 4) is 0 Å².